The van der Waals surface area contributed by atoms with E-state index in [-0.39, 0.29) is 5.91 Å². The summed E-state index contributed by atoms with van der Waals surface area (Å²) < 4.78 is 7.62. The van der Waals surface area contributed by atoms with Crippen molar-refractivity contribution in [3.05, 3.63) is 58.9 Å². The van der Waals surface area contributed by atoms with E-state index in [1.807, 2.05) is 35.2 Å². The number of hydrogen-bond acceptors (Lipinski definition) is 4. The van der Waals surface area contributed by atoms with E-state index in [1.165, 1.54) is 0 Å². The number of nitrogens with zero attached hydrogens (tertiary/aromatic N) is 4. The lowest BCUT2D eigenvalue weighted by molar-refractivity contribution is -0.130. The highest BCUT2D eigenvalue weighted by molar-refractivity contribution is 6.30. The summed E-state index contributed by atoms with van der Waals surface area (Å²) in [4.78, 5) is 20.8. The van der Waals surface area contributed by atoms with Crippen LogP contribution in [0.3, 0.4) is 0 Å². The van der Waals surface area contributed by atoms with Gasteiger partial charge in [0.2, 0.25) is 5.91 Å². The number of hydrogen-bond donors (Lipinski definition) is 0. The third-order valence-electron chi connectivity index (χ3n) is 5.45. The second-order valence-corrected chi connectivity index (χ2v) is 7.82. The molecule has 1 aliphatic rings. The molecule has 3 aromatic rings. The number of halogens is 1. The molecule has 6 nitrogen and oxygen atoms in total. The fraction of sp³-hybridized carbons (Fsp3) is 0.364. The van der Waals surface area contributed by atoms with Crippen molar-refractivity contribution in [1.29, 1.82) is 0 Å². The number of ether oxygens (including phenoxy) is 1. The van der Waals surface area contributed by atoms with Crippen LogP contribution >= 0.6 is 11.6 Å². The fourth-order valence-corrected chi connectivity index (χ4v) is 4.04. The predicted octanol–water partition coefficient (Wildman–Crippen LogP) is 3.41. The molecule has 2 aromatic carbocycles. The lowest BCUT2D eigenvalue weighted by atomic mass is 10.2. The molecule has 4 rings (SSSR count). The number of carbonyl (C=O) groups is 1. The first-order valence-electron chi connectivity index (χ1n) is 9.79. The molecular formula is C22H25ClN4O2. The maximum absolute atomic E-state index is 11.6. The van der Waals surface area contributed by atoms with E-state index in [2.05, 4.69) is 21.6 Å². The molecule has 1 fully saturated rings. The van der Waals surface area contributed by atoms with Gasteiger partial charge < -0.3 is 14.2 Å². The van der Waals surface area contributed by atoms with Crippen molar-refractivity contribution < 1.29 is 9.53 Å². The lowest BCUT2D eigenvalue weighted by Gasteiger charge is -2.34. The summed E-state index contributed by atoms with van der Waals surface area (Å²) in [5.74, 6) is 1.95. The van der Waals surface area contributed by atoms with Crippen LogP contribution in [-0.4, -0.2) is 58.5 Å². The standard InChI is InChI=1S/C22H25ClN4O2/c1-16(28)26-10-8-25(9-11-26)15-22-24-20-13-19(29-2)6-7-21(20)27(22)14-17-4-3-5-18(23)12-17/h3-7,12-13H,8-11,14-15H2,1-2H3. The highest BCUT2D eigenvalue weighted by atomic mass is 35.5. The summed E-state index contributed by atoms with van der Waals surface area (Å²) in [7, 11) is 1.67. The Morgan fingerprint density at radius 2 is 1.90 bits per heavy atom. The first kappa shape index (κ1) is 19.7. The predicted molar refractivity (Wildman–Crippen MR) is 114 cm³/mol. The number of imidazole rings is 1. The molecule has 0 N–H and O–H groups in total. The van der Waals surface area contributed by atoms with Crippen LogP contribution in [0.2, 0.25) is 5.02 Å². The van der Waals surface area contributed by atoms with Crippen LogP contribution in [0.5, 0.6) is 5.75 Å². The number of rotatable bonds is 5. The fourth-order valence-electron chi connectivity index (χ4n) is 3.82. The van der Waals surface area contributed by atoms with E-state index in [4.69, 9.17) is 21.3 Å². The van der Waals surface area contributed by atoms with E-state index in [9.17, 15) is 4.79 Å². The average molecular weight is 413 g/mol. The van der Waals surface area contributed by atoms with Crippen LogP contribution in [-0.2, 0) is 17.9 Å². The van der Waals surface area contributed by atoms with E-state index < -0.39 is 0 Å². The van der Waals surface area contributed by atoms with Crippen molar-refractivity contribution in [2.24, 2.45) is 0 Å². The summed E-state index contributed by atoms with van der Waals surface area (Å²) in [6.07, 6.45) is 0. The normalized spacial score (nSPS) is 15.1. The number of methoxy groups -OCH3 is 1. The van der Waals surface area contributed by atoms with Crippen molar-refractivity contribution in [2.75, 3.05) is 33.3 Å². The molecule has 1 saturated heterocycles. The summed E-state index contributed by atoms with van der Waals surface area (Å²) in [5.41, 5.74) is 3.13. The zero-order chi connectivity index (χ0) is 20.4. The molecule has 1 aliphatic heterocycles. The zero-order valence-electron chi connectivity index (χ0n) is 16.8. The molecule has 0 spiro atoms. The Kier molecular flexibility index (Phi) is 5.74. The number of aromatic nitrogens is 2. The summed E-state index contributed by atoms with van der Waals surface area (Å²) >= 11 is 6.20. The minimum Gasteiger partial charge on any atom is -0.497 e. The molecule has 152 valence electrons. The van der Waals surface area contributed by atoms with Crippen LogP contribution in [0, 0.1) is 0 Å². The monoisotopic (exact) mass is 412 g/mol. The molecule has 0 radical (unpaired) electrons. The summed E-state index contributed by atoms with van der Waals surface area (Å²) in [6.45, 7) is 6.30. The lowest BCUT2D eigenvalue weighted by Crippen LogP contribution is -2.47. The highest BCUT2D eigenvalue weighted by Gasteiger charge is 2.21. The van der Waals surface area contributed by atoms with Crippen LogP contribution in [0.15, 0.2) is 42.5 Å². The van der Waals surface area contributed by atoms with E-state index in [1.54, 1.807) is 14.0 Å². The SMILES string of the molecule is COc1ccc2c(c1)nc(CN1CCN(C(C)=O)CC1)n2Cc1cccc(Cl)c1. The van der Waals surface area contributed by atoms with Gasteiger partial charge in [-0.25, -0.2) is 4.98 Å². The van der Waals surface area contributed by atoms with Gasteiger partial charge in [0, 0.05) is 50.7 Å². The Balaban J connectivity index is 1.63. The van der Waals surface area contributed by atoms with Gasteiger partial charge in [0.1, 0.15) is 11.6 Å². The van der Waals surface area contributed by atoms with E-state index in [0.29, 0.717) is 6.54 Å². The van der Waals surface area contributed by atoms with E-state index >= 15 is 0 Å². The van der Waals surface area contributed by atoms with Gasteiger partial charge in [-0.05, 0) is 29.8 Å². The maximum atomic E-state index is 11.6. The van der Waals surface area contributed by atoms with Crippen molar-refractivity contribution in [3.63, 3.8) is 0 Å². The highest BCUT2D eigenvalue weighted by Crippen LogP contribution is 2.24. The first-order valence-corrected chi connectivity index (χ1v) is 10.2. The number of piperazine rings is 1. The second kappa shape index (κ2) is 8.43. The van der Waals surface area contributed by atoms with Gasteiger partial charge in [-0.1, -0.05) is 23.7 Å². The number of amides is 1. The third kappa shape index (κ3) is 4.38. The van der Waals surface area contributed by atoms with Crippen LogP contribution in [0.4, 0.5) is 0 Å². The molecule has 0 atom stereocenters. The zero-order valence-corrected chi connectivity index (χ0v) is 17.5. The minimum absolute atomic E-state index is 0.143. The molecule has 1 aromatic heterocycles. The van der Waals surface area contributed by atoms with Crippen molar-refractivity contribution in [1.82, 2.24) is 19.4 Å². The molecule has 1 amide bonds. The van der Waals surface area contributed by atoms with E-state index in [0.717, 1.165) is 65.9 Å². The molecule has 2 heterocycles. The number of carbonyl (C=O) groups excluding carboxylic acids is 1. The Hall–Kier alpha value is -2.57. The van der Waals surface area contributed by atoms with Gasteiger partial charge in [0.15, 0.2) is 0 Å². The molecular weight excluding hydrogens is 388 g/mol. The Bertz CT molecular complexity index is 1020. The summed E-state index contributed by atoms with van der Waals surface area (Å²) in [5, 5.41) is 0.732. The van der Waals surface area contributed by atoms with Crippen molar-refractivity contribution >= 4 is 28.5 Å². The molecule has 0 saturated carbocycles. The Morgan fingerprint density at radius 3 is 2.59 bits per heavy atom. The average Bonchev–Trinajstić information content (AvgIpc) is 3.04. The third-order valence-corrected chi connectivity index (χ3v) is 5.68. The Labute approximate surface area is 175 Å². The maximum Gasteiger partial charge on any atom is 0.219 e. The number of benzene rings is 2. The van der Waals surface area contributed by atoms with Gasteiger partial charge in [0.25, 0.3) is 0 Å². The molecule has 29 heavy (non-hydrogen) atoms. The second-order valence-electron chi connectivity index (χ2n) is 7.38. The minimum atomic E-state index is 0.143. The van der Waals surface area contributed by atoms with Crippen molar-refractivity contribution in [2.45, 2.75) is 20.0 Å². The largest absolute Gasteiger partial charge is 0.497 e. The van der Waals surface area contributed by atoms with Gasteiger partial charge in [0.05, 0.1) is 24.7 Å². The molecule has 0 unspecified atom stereocenters. The summed E-state index contributed by atoms with van der Waals surface area (Å²) in [6, 6.07) is 13.9. The molecule has 0 bridgehead atoms. The van der Waals surface area contributed by atoms with Crippen LogP contribution in [0.25, 0.3) is 11.0 Å². The van der Waals surface area contributed by atoms with Gasteiger partial charge in [-0.15, -0.1) is 0 Å². The topological polar surface area (TPSA) is 50.6 Å². The molecule has 7 heteroatoms. The molecule has 0 aliphatic carbocycles. The van der Waals surface area contributed by atoms with Crippen molar-refractivity contribution in [3.8, 4) is 5.75 Å². The van der Waals surface area contributed by atoms with Crippen LogP contribution < -0.4 is 4.74 Å². The van der Waals surface area contributed by atoms with Gasteiger partial charge in [-0.3, -0.25) is 9.69 Å². The van der Waals surface area contributed by atoms with Gasteiger partial charge >= 0.3 is 0 Å². The first-order chi connectivity index (χ1) is 14.0. The quantitative estimate of drug-likeness (QED) is 0.644. The van der Waals surface area contributed by atoms with Crippen LogP contribution in [0.1, 0.15) is 18.3 Å². The Morgan fingerprint density at radius 1 is 1.10 bits per heavy atom. The number of fused-ring (bicyclic) bond motifs is 1. The smallest absolute Gasteiger partial charge is 0.219 e. The van der Waals surface area contributed by atoms with Gasteiger partial charge in [-0.2, -0.15) is 0 Å².